The summed E-state index contributed by atoms with van der Waals surface area (Å²) in [5.74, 6) is 0.568. The molecule has 1 rings (SSSR count). The smallest absolute Gasteiger partial charge is 0.244 e. The van der Waals surface area contributed by atoms with Crippen molar-refractivity contribution in [2.45, 2.75) is 10.9 Å². The van der Waals surface area contributed by atoms with Crippen LogP contribution in [0.2, 0.25) is 0 Å². The zero-order valence-electron chi connectivity index (χ0n) is 10.7. The van der Waals surface area contributed by atoms with E-state index in [4.69, 9.17) is 19.7 Å². The van der Waals surface area contributed by atoms with Crippen LogP contribution in [0.3, 0.4) is 0 Å². The van der Waals surface area contributed by atoms with Crippen molar-refractivity contribution in [2.75, 3.05) is 27.4 Å². The molecule has 1 aromatic rings. The molecule has 0 saturated carbocycles. The minimum absolute atomic E-state index is 0.0947. The van der Waals surface area contributed by atoms with Crippen molar-refractivity contribution in [2.24, 2.45) is 0 Å². The van der Waals surface area contributed by atoms with Crippen molar-refractivity contribution in [1.29, 1.82) is 0 Å². The van der Waals surface area contributed by atoms with Crippen LogP contribution >= 0.6 is 0 Å². The Morgan fingerprint density at radius 1 is 1.21 bits per heavy atom. The van der Waals surface area contributed by atoms with Gasteiger partial charge in [-0.3, -0.25) is 0 Å². The number of aliphatic hydroxyl groups is 2. The lowest BCUT2D eigenvalue weighted by molar-refractivity contribution is 0.185. The van der Waals surface area contributed by atoms with Crippen molar-refractivity contribution < 1.29 is 28.1 Å². The first-order valence-corrected chi connectivity index (χ1v) is 6.93. The van der Waals surface area contributed by atoms with Gasteiger partial charge < -0.3 is 19.7 Å². The molecule has 0 heterocycles. The maximum absolute atomic E-state index is 12.1. The van der Waals surface area contributed by atoms with Gasteiger partial charge in [0.1, 0.15) is 16.4 Å². The van der Waals surface area contributed by atoms with Crippen LogP contribution < -0.4 is 14.2 Å². The second-order valence-corrected chi connectivity index (χ2v) is 5.38. The first-order chi connectivity index (χ1) is 8.98. The topological polar surface area (TPSA) is 105 Å². The highest BCUT2D eigenvalue weighted by Gasteiger charge is 2.23. The van der Waals surface area contributed by atoms with Gasteiger partial charge in [0.15, 0.2) is 0 Å². The lowest BCUT2D eigenvalue weighted by atomic mass is 10.3. The molecular weight excluding hydrogens is 274 g/mol. The molecule has 1 aromatic carbocycles. The molecule has 3 N–H and O–H groups in total. The first-order valence-electron chi connectivity index (χ1n) is 5.44. The number of sulfonamides is 1. The molecule has 0 amide bonds. The number of ether oxygens (including phenoxy) is 2. The quantitative estimate of drug-likeness (QED) is 0.615. The monoisotopic (exact) mass is 291 g/mol. The van der Waals surface area contributed by atoms with E-state index >= 15 is 0 Å². The predicted octanol–water partition coefficient (Wildman–Crippen LogP) is -0.665. The third kappa shape index (κ3) is 3.80. The summed E-state index contributed by atoms with van der Waals surface area (Å²) in [6, 6.07) is 3.27. The SMILES string of the molecule is COc1ccc(S(=O)(=O)NC(CO)CO)c(OC)c1. The summed E-state index contributed by atoms with van der Waals surface area (Å²) >= 11 is 0. The number of hydrogen-bond acceptors (Lipinski definition) is 6. The van der Waals surface area contributed by atoms with E-state index in [1.807, 2.05) is 0 Å². The Hall–Kier alpha value is -1.35. The Morgan fingerprint density at radius 3 is 2.32 bits per heavy atom. The van der Waals surface area contributed by atoms with Gasteiger partial charge in [0.2, 0.25) is 10.0 Å². The van der Waals surface area contributed by atoms with E-state index in [-0.39, 0.29) is 10.6 Å². The van der Waals surface area contributed by atoms with Crippen molar-refractivity contribution >= 4 is 10.0 Å². The molecule has 0 aliphatic carbocycles. The molecular formula is C11H17NO6S. The molecule has 0 bridgehead atoms. The second-order valence-electron chi connectivity index (χ2n) is 3.70. The van der Waals surface area contributed by atoms with Crippen LogP contribution in [0.1, 0.15) is 0 Å². The molecule has 0 saturated heterocycles. The van der Waals surface area contributed by atoms with Crippen molar-refractivity contribution in [3.63, 3.8) is 0 Å². The van der Waals surface area contributed by atoms with Gasteiger partial charge in [-0.2, -0.15) is 0 Å². The number of methoxy groups -OCH3 is 2. The van der Waals surface area contributed by atoms with Crippen LogP contribution in [0.5, 0.6) is 11.5 Å². The zero-order chi connectivity index (χ0) is 14.5. The number of aliphatic hydroxyl groups excluding tert-OH is 2. The Labute approximate surface area is 111 Å². The molecule has 0 aromatic heterocycles. The van der Waals surface area contributed by atoms with Gasteiger partial charge in [0.25, 0.3) is 0 Å². The van der Waals surface area contributed by atoms with Gasteiger partial charge in [0.05, 0.1) is 33.5 Å². The third-order valence-corrected chi connectivity index (χ3v) is 3.98. The van der Waals surface area contributed by atoms with E-state index in [1.54, 1.807) is 0 Å². The fourth-order valence-corrected chi connectivity index (χ4v) is 2.78. The molecule has 0 unspecified atom stereocenters. The number of nitrogens with one attached hydrogen (secondary N) is 1. The number of rotatable bonds is 7. The van der Waals surface area contributed by atoms with E-state index in [1.165, 1.54) is 32.4 Å². The first kappa shape index (κ1) is 15.7. The van der Waals surface area contributed by atoms with E-state index < -0.39 is 29.3 Å². The highest BCUT2D eigenvalue weighted by Crippen LogP contribution is 2.28. The third-order valence-electron chi connectivity index (χ3n) is 2.42. The van der Waals surface area contributed by atoms with Gasteiger partial charge >= 0.3 is 0 Å². The predicted molar refractivity (Wildman–Crippen MR) is 67.8 cm³/mol. The van der Waals surface area contributed by atoms with E-state index in [2.05, 4.69) is 4.72 Å². The van der Waals surface area contributed by atoms with Crippen LogP contribution in [0.25, 0.3) is 0 Å². The summed E-state index contributed by atoms with van der Waals surface area (Å²) in [6.45, 7) is -1.01. The maximum Gasteiger partial charge on any atom is 0.244 e. The van der Waals surface area contributed by atoms with E-state index in [0.29, 0.717) is 5.75 Å². The van der Waals surface area contributed by atoms with Crippen LogP contribution in [0.4, 0.5) is 0 Å². The minimum atomic E-state index is -3.90. The molecule has 0 spiro atoms. The Morgan fingerprint density at radius 2 is 1.84 bits per heavy atom. The van der Waals surface area contributed by atoms with E-state index in [9.17, 15) is 8.42 Å². The van der Waals surface area contributed by atoms with Crippen molar-refractivity contribution in [3.8, 4) is 11.5 Å². The largest absolute Gasteiger partial charge is 0.497 e. The summed E-state index contributed by atoms with van der Waals surface area (Å²) < 4.78 is 36.3. The zero-order valence-corrected chi connectivity index (χ0v) is 11.5. The van der Waals surface area contributed by atoms with Crippen LogP contribution in [-0.4, -0.2) is 52.1 Å². The van der Waals surface area contributed by atoms with Crippen LogP contribution in [0, 0.1) is 0 Å². The fourth-order valence-electron chi connectivity index (χ4n) is 1.41. The molecule has 19 heavy (non-hydrogen) atoms. The summed E-state index contributed by atoms with van der Waals surface area (Å²) in [7, 11) is -1.11. The van der Waals surface area contributed by atoms with Gasteiger partial charge in [-0.05, 0) is 12.1 Å². The highest BCUT2D eigenvalue weighted by molar-refractivity contribution is 7.89. The minimum Gasteiger partial charge on any atom is -0.497 e. The molecule has 8 heteroatoms. The molecule has 108 valence electrons. The second kappa shape index (κ2) is 6.71. The number of hydrogen-bond donors (Lipinski definition) is 3. The fraction of sp³-hybridized carbons (Fsp3) is 0.455. The highest BCUT2D eigenvalue weighted by atomic mass is 32.2. The summed E-state index contributed by atoms with van der Waals surface area (Å²) in [5, 5.41) is 17.8. The molecule has 7 nitrogen and oxygen atoms in total. The molecule has 0 fully saturated rings. The van der Waals surface area contributed by atoms with Crippen LogP contribution in [0.15, 0.2) is 23.1 Å². The summed E-state index contributed by atoms with van der Waals surface area (Å²) in [6.07, 6.45) is 0. The standard InChI is InChI=1S/C11H17NO6S/c1-17-9-3-4-11(10(5-9)18-2)19(15,16)12-8(6-13)7-14/h3-5,8,12-14H,6-7H2,1-2H3. The Bertz CT molecular complexity index is 512. The van der Waals surface area contributed by atoms with Gasteiger partial charge in [-0.25, -0.2) is 13.1 Å². The average molecular weight is 291 g/mol. The van der Waals surface area contributed by atoms with Crippen molar-refractivity contribution in [1.82, 2.24) is 4.72 Å². The summed E-state index contributed by atoms with van der Waals surface area (Å²) in [4.78, 5) is -0.0947. The lowest BCUT2D eigenvalue weighted by Crippen LogP contribution is -2.40. The van der Waals surface area contributed by atoms with E-state index in [0.717, 1.165) is 0 Å². The molecule has 0 radical (unpaired) electrons. The van der Waals surface area contributed by atoms with Gasteiger partial charge in [0, 0.05) is 6.07 Å². The summed E-state index contributed by atoms with van der Waals surface area (Å²) in [5.41, 5.74) is 0. The van der Waals surface area contributed by atoms with Crippen LogP contribution in [-0.2, 0) is 10.0 Å². The van der Waals surface area contributed by atoms with Gasteiger partial charge in [-0.1, -0.05) is 0 Å². The normalized spacial score (nSPS) is 11.6. The molecule has 0 aliphatic heterocycles. The molecule has 0 aliphatic rings. The Balaban J connectivity index is 3.13. The lowest BCUT2D eigenvalue weighted by Gasteiger charge is -2.16. The number of benzene rings is 1. The molecule has 0 atom stereocenters. The maximum atomic E-state index is 12.1. The Kier molecular flexibility index (Phi) is 5.55. The van der Waals surface area contributed by atoms with Gasteiger partial charge in [-0.15, -0.1) is 0 Å². The average Bonchev–Trinajstić information content (AvgIpc) is 2.43. The van der Waals surface area contributed by atoms with Crippen molar-refractivity contribution in [3.05, 3.63) is 18.2 Å².